The monoisotopic (exact) mass is 253 g/mol. The van der Waals surface area contributed by atoms with Crippen LogP contribution in [0.4, 0.5) is 10.1 Å². The number of carbonyl (C=O) groups excluding carboxylic acids is 1. The highest BCUT2D eigenvalue weighted by Crippen LogP contribution is 2.40. The summed E-state index contributed by atoms with van der Waals surface area (Å²) in [6.07, 6.45) is 0.0468. The van der Waals surface area contributed by atoms with Crippen LogP contribution in [0.2, 0.25) is 0 Å². The minimum absolute atomic E-state index is 0.00856. The van der Waals surface area contributed by atoms with Crippen LogP contribution in [0.5, 0.6) is 5.75 Å². The predicted octanol–water partition coefficient (Wildman–Crippen LogP) is 1.20. The van der Waals surface area contributed by atoms with Crippen molar-refractivity contribution in [2.45, 2.75) is 19.4 Å². The average Bonchev–Trinajstić information content (AvgIpc) is 2.71. The number of halogens is 1. The summed E-state index contributed by atoms with van der Waals surface area (Å²) < 4.78 is 18.9. The number of carboxylic acids is 1. The van der Waals surface area contributed by atoms with Gasteiger partial charge in [0.05, 0.1) is 12.8 Å². The quantitative estimate of drug-likeness (QED) is 0.859. The van der Waals surface area contributed by atoms with Crippen molar-refractivity contribution < 1.29 is 23.8 Å². The fourth-order valence-electron chi connectivity index (χ4n) is 2.25. The molecule has 96 valence electrons. The first-order valence-corrected chi connectivity index (χ1v) is 5.35. The molecule has 0 spiro atoms. The average molecular weight is 253 g/mol. The first kappa shape index (κ1) is 12.3. The number of amides is 1. The molecule has 0 aliphatic carbocycles. The van der Waals surface area contributed by atoms with E-state index in [0.29, 0.717) is 11.3 Å². The molecule has 6 heteroatoms. The minimum atomic E-state index is -1.16. The van der Waals surface area contributed by atoms with Gasteiger partial charge < -0.3 is 9.84 Å². The molecule has 1 heterocycles. The Morgan fingerprint density at radius 2 is 2.17 bits per heavy atom. The van der Waals surface area contributed by atoms with Crippen molar-refractivity contribution in [3.05, 3.63) is 23.5 Å². The molecule has 1 amide bonds. The molecule has 5 nitrogen and oxygen atoms in total. The van der Waals surface area contributed by atoms with Gasteiger partial charge in [-0.15, -0.1) is 0 Å². The first-order chi connectivity index (χ1) is 8.47. The van der Waals surface area contributed by atoms with Crippen molar-refractivity contribution in [1.82, 2.24) is 0 Å². The van der Waals surface area contributed by atoms with Crippen molar-refractivity contribution >= 4 is 17.6 Å². The molecule has 1 aromatic rings. The molecule has 1 aliphatic heterocycles. The molecule has 2 rings (SSSR count). The lowest BCUT2D eigenvalue weighted by Crippen LogP contribution is -2.41. The Hall–Kier alpha value is -2.11. The van der Waals surface area contributed by atoms with Gasteiger partial charge in [0, 0.05) is 18.9 Å². The van der Waals surface area contributed by atoms with Gasteiger partial charge in [-0.05, 0) is 12.1 Å². The van der Waals surface area contributed by atoms with E-state index in [-0.39, 0.29) is 12.1 Å². The van der Waals surface area contributed by atoms with Crippen LogP contribution in [0.15, 0.2) is 12.1 Å². The van der Waals surface area contributed by atoms with Crippen molar-refractivity contribution in [2.75, 3.05) is 12.0 Å². The number of anilines is 1. The molecule has 1 aliphatic rings. The van der Waals surface area contributed by atoms with Gasteiger partial charge in [0.15, 0.2) is 0 Å². The number of carbonyl (C=O) groups is 2. The number of hydrogen-bond acceptors (Lipinski definition) is 3. The number of aliphatic carboxylic acids is 1. The summed E-state index contributed by atoms with van der Waals surface area (Å²) in [6.45, 7) is 1.21. The second-order valence-corrected chi connectivity index (χ2v) is 4.02. The van der Waals surface area contributed by atoms with Crippen molar-refractivity contribution in [3.8, 4) is 5.75 Å². The zero-order valence-electron chi connectivity index (χ0n) is 9.94. The SMILES string of the molecule is COc1ccc(F)c2c1CC(C(=O)O)N2C(C)=O. The van der Waals surface area contributed by atoms with Crippen molar-refractivity contribution in [3.63, 3.8) is 0 Å². The molecule has 0 aromatic heterocycles. The molecule has 1 N–H and O–H groups in total. The van der Waals surface area contributed by atoms with Crippen LogP contribution in [0.1, 0.15) is 12.5 Å². The normalized spacial score (nSPS) is 17.5. The van der Waals surface area contributed by atoms with Crippen LogP contribution in [0.3, 0.4) is 0 Å². The van der Waals surface area contributed by atoms with E-state index in [1.807, 2.05) is 0 Å². The summed E-state index contributed by atoms with van der Waals surface area (Å²) in [5, 5.41) is 9.10. The predicted molar refractivity (Wildman–Crippen MR) is 61.2 cm³/mol. The number of hydrogen-bond donors (Lipinski definition) is 1. The standard InChI is InChI=1S/C12H12FNO4/c1-6(15)14-9(12(16)17)5-7-10(18-2)4-3-8(13)11(7)14/h3-4,9H,5H2,1-2H3,(H,16,17). The fourth-order valence-corrected chi connectivity index (χ4v) is 2.25. The van der Waals surface area contributed by atoms with Crippen molar-refractivity contribution in [2.24, 2.45) is 0 Å². The number of ether oxygens (including phenoxy) is 1. The third kappa shape index (κ3) is 1.70. The van der Waals surface area contributed by atoms with Gasteiger partial charge in [-0.3, -0.25) is 9.69 Å². The first-order valence-electron chi connectivity index (χ1n) is 5.35. The van der Waals surface area contributed by atoms with Crippen LogP contribution in [0, 0.1) is 5.82 Å². The van der Waals surface area contributed by atoms with Gasteiger partial charge >= 0.3 is 5.97 Å². The zero-order chi connectivity index (χ0) is 13.4. The maximum Gasteiger partial charge on any atom is 0.327 e. The van der Waals surface area contributed by atoms with Crippen LogP contribution in [-0.2, 0) is 16.0 Å². The number of nitrogens with zero attached hydrogens (tertiary/aromatic N) is 1. The van der Waals surface area contributed by atoms with Gasteiger partial charge in [0.25, 0.3) is 0 Å². The Morgan fingerprint density at radius 1 is 1.50 bits per heavy atom. The number of benzene rings is 1. The third-order valence-electron chi connectivity index (χ3n) is 2.98. The molecule has 1 atom stereocenters. The molecular formula is C12H12FNO4. The third-order valence-corrected chi connectivity index (χ3v) is 2.98. The number of rotatable bonds is 2. The topological polar surface area (TPSA) is 66.8 Å². The van der Waals surface area contributed by atoms with E-state index in [1.165, 1.54) is 20.1 Å². The number of carboxylic acid groups (broad SMARTS) is 1. The van der Waals surface area contributed by atoms with Gasteiger partial charge in [0.2, 0.25) is 5.91 Å². The van der Waals surface area contributed by atoms with Crippen LogP contribution in [-0.4, -0.2) is 30.1 Å². The van der Waals surface area contributed by atoms with E-state index in [9.17, 15) is 14.0 Å². The van der Waals surface area contributed by atoms with Gasteiger partial charge in [-0.25, -0.2) is 9.18 Å². The summed E-state index contributed by atoms with van der Waals surface area (Å²) in [4.78, 5) is 23.6. The molecule has 18 heavy (non-hydrogen) atoms. The molecule has 0 bridgehead atoms. The lowest BCUT2D eigenvalue weighted by molar-refractivity contribution is -0.139. The minimum Gasteiger partial charge on any atom is -0.496 e. The van der Waals surface area contributed by atoms with E-state index < -0.39 is 23.7 Å². The molecular weight excluding hydrogens is 241 g/mol. The highest BCUT2D eigenvalue weighted by molar-refractivity contribution is 6.01. The van der Waals surface area contributed by atoms with Crippen molar-refractivity contribution in [1.29, 1.82) is 0 Å². The van der Waals surface area contributed by atoms with Gasteiger partial charge in [-0.2, -0.15) is 0 Å². The Balaban J connectivity index is 2.62. The fraction of sp³-hybridized carbons (Fsp3) is 0.333. The molecule has 0 saturated carbocycles. The maximum atomic E-state index is 13.8. The second-order valence-electron chi connectivity index (χ2n) is 4.02. The van der Waals surface area contributed by atoms with Gasteiger partial charge in [0.1, 0.15) is 17.6 Å². The highest BCUT2D eigenvalue weighted by atomic mass is 19.1. The Kier molecular flexibility index (Phi) is 2.94. The number of methoxy groups -OCH3 is 1. The van der Waals surface area contributed by atoms with Crippen LogP contribution < -0.4 is 9.64 Å². The van der Waals surface area contributed by atoms with Crippen LogP contribution >= 0.6 is 0 Å². The molecule has 0 radical (unpaired) electrons. The lowest BCUT2D eigenvalue weighted by Gasteiger charge is -2.21. The van der Waals surface area contributed by atoms with E-state index in [0.717, 1.165) is 11.0 Å². The summed E-state index contributed by atoms with van der Waals surface area (Å²) in [6, 6.07) is 1.51. The maximum absolute atomic E-state index is 13.8. The Morgan fingerprint density at radius 3 is 2.67 bits per heavy atom. The van der Waals surface area contributed by atoms with E-state index in [1.54, 1.807) is 0 Å². The highest BCUT2D eigenvalue weighted by Gasteiger charge is 2.40. The Labute approximate surface area is 103 Å². The molecule has 1 unspecified atom stereocenters. The summed E-state index contributed by atoms with van der Waals surface area (Å²) >= 11 is 0. The van der Waals surface area contributed by atoms with E-state index in [2.05, 4.69) is 0 Å². The second kappa shape index (κ2) is 4.29. The smallest absolute Gasteiger partial charge is 0.327 e. The molecule has 0 saturated heterocycles. The summed E-state index contributed by atoms with van der Waals surface area (Å²) in [5.74, 6) is -1.90. The van der Waals surface area contributed by atoms with E-state index in [4.69, 9.17) is 9.84 Å². The lowest BCUT2D eigenvalue weighted by atomic mass is 10.1. The summed E-state index contributed by atoms with van der Waals surface area (Å²) in [7, 11) is 1.42. The largest absolute Gasteiger partial charge is 0.496 e. The number of fused-ring (bicyclic) bond motifs is 1. The summed E-state index contributed by atoms with van der Waals surface area (Å²) in [5.41, 5.74) is 0.425. The van der Waals surface area contributed by atoms with Crippen LogP contribution in [0.25, 0.3) is 0 Å². The zero-order valence-corrected chi connectivity index (χ0v) is 9.94. The van der Waals surface area contributed by atoms with E-state index >= 15 is 0 Å². The molecule has 1 aromatic carbocycles. The Bertz CT molecular complexity index is 529. The van der Waals surface area contributed by atoms with Gasteiger partial charge in [-0.1, -0.05) is 0 Å². The molecule has 0 fully saturated rings.